The fourth-order valence-electron chi connectivity index (χ4n) is 4.87. The number of fused-ring (bicyclic) bond motifs is 1. The van der Waals surface area contributed by atoms with Crippen LogP contribution in [0, 0.1) is 12.3 Å². The van der Waals surface area contributed by atoms with Gasteiger partial charge in [-0.05, 0) is 73.4 Å². The zero-order valence-electron chi connectivity index (χ0n) is 23.9. The second-order valence-corrected chi connectivity index (χ2v) is 13.9. The van der Waals surface area contributed by atoms with E-state index in [2.05, 4.69) is 0 Å². The van der Waals surface area contributed by atoms with E-state index in [0.717, 1.165) is 0 Å². The van der Waals surface area contributed by atoms with Gasteiger partial charge in [0.2, 0.25) is 5.76 Å². The van der Waals surface area contributed by atoms with Gasteiger partial charge >= 0.3 is 5.97 Å². The van der Waals surface area contributed by atoms with E-state index in [0.29, 0.717) is 44.4 Å². The average molecular weight is 632 g/mol. The van der Waals surface area contributed by atoms with Gasteiger partial charge in [0.1, 0.15) is 5.58 Å². The molecule has 0 spiro atoms. The molecule has 4 aromatic rings. The Labute approximate surface area is 255 Å². The summed E-state index contributed by atoms with van der Waals surface area (Å²) in [6.07, 6.45) is 0. The minimum Gasteiger partial charge on any atom is -0.475 e. The Bertz CT molecular complexity index is 1780. The van der Waals surface area contributed by atoms with Crippen LogP contribution in [0.4, 0.5) is 5.69 Å². The van der Waals surface area contributed by atoms with Crippen LogP contribution in [0.15, 0.2) is 70.0 Å². The van der Waals surface area contributed by atoms with E-state index in [-0.39, 0.29) is 40.7 Å². The number of aromatic carboxylic acids is 1. The lowest BCUT2D eigenvalue weighted by Gasteiger charge is -2.32. The molecule has 1 N–H and O–H groups in total. The third kappa shape index (κ3) is 6.43. The highest BCUT2D eigenvalue weighted by molar-refractivity contribution is 7.92. The molecule has 222 valence electrons. The number of rotatable bonds is 9. The van der Waals surface area contributed by atoms with E-state index in [4.69, 9.17) is 27.6 Å². The fourth-order valence-corrected chi connectivity index (χ4v) is 6.82. The predicted octanol–water partition coefficient (Wildman–Crippen LogP) is 7.65. The van der Waals surface area contributed by atoms with E-state index >= 15 is 0 Å². The number of carbonyl (C=O) groups is 2. The quantitative estimate of drug-likeness (QED) is 0.203. The number of anilines is 1. The summed E-state index contributed by atoms with van der Waals surface area (Å²) in [6, 6.07) is 15.9. The second-order valence-electron chi connectivity index (χ2n) is 11.2. The SMILES string of the molecule is CCN(c1ccc(Cl)cc1CN(CC(C)(C)C)C(=O)c1ccccc1Cl)S(=O)(=O)c1ccc2oc(C(=O)O)c(C)c2c1. The van der Waals surface area contributed by atoms with Gasteiger partial charge in [0, 0.05) is 35.6 Å². The van der Waals surface area contributed by atoms with Gasteiger partial charge in [0.15, 0.2) is 0 Å². The molecule has 8 nitrogen and oxygen atoms in total. The number of hydrogen-bond acceptors (Lipinski definition) is 5. The number of nitrogens with zero attached hydrogens (tertiary/aromatic N) is 2. The molecule has 0 bridgehead atoms. The van der Waals surface area contributed by atoms with Gasteiger partial charge in [0.05, 0.1) is 21.2 Å². The maximum absolute atomic E-state index is 14.1. The summed E-state index contributed by atoms with van der Waals surface area (Å²) in [5.74, 6) is -1.77. The first kappa shape index (κ1) is 31.4. The zero-order valence-corrected chi connectivity index (χ0v) is 26.3. The summed E-state index contributed by atoms with van der Waals surface area (Å²) in [5.41, 5.74) is 1.57. The molecule has 0 saturated heterocycles. The Hall–Kier alpha value is -3.53. The van der Waals surface area contributed by atoms with Crippen molar-refractivity contribution in [3.63, 3.8) is 0 Å². The molecule has 0 aliphatic heterocycles. The molecule has 0 saturated carbocycles. The minimum atomic E-state index is -4.13. The van der Waals surface area contributed by atoms with Gasteiger partial charge in [-0.1, -0.05) is 56.1 Å². The molecule has 4 rings (SSSR count). The first-order chi connectivity index (χ1) is 19.6. The van der Waals surface area contributed by atoms with Gasteiger partial charge in [-0.25, -0.2) is 13.2 Å². The van der Waals surface area contributed by atoms with Crippen LogP contribution in [0.3, 0.4) is 0 Å². The topological polar surface area (TPSA) is 108 Å². The molecule has 0 radical (unpaired) electrons. The Morgan fingerprint density at radius 2 is 1.69 bits per heavy atom. The van der Waals surface area contributed by atoms with Crippen LogP contribution in [0.1, 0.15) is 59.7 Å². The van der Waals surface area contributed by atoms with Crippen molar-refractivity contribution in [1.82, 2.24) is 4.90 Å². The molecule has 1 aromatic heterocycles. The molecular formula is C31H32Cl2N2O6S. The molecule has 1 heterocycles. The lowest BCUT2D eigenvalue weighted by atomic mass is 9.95. The fraction of sp³-hybridized carbons (Fsp3) is 0.290. The number of benzene rings is 3. The number of hydrogen-bond donors (Lipinski definition) is 1. The first-order valence-corrected chi connectivity index (χ1v) is 15.4. The molecule has 0 unspecified atom stereocenters. The number of sulfonamides is 1. The summed E-state index contributed by atoms with van der Waals surface area (Å²) in [5, 5.41) is 10.5. The Kier molecular flexibility index (Phi) is 8.97. The summed E-state index contributed by atoms with van der Waals surface area (Å²) in [4.78, 5) is 26.9. The standard InChI is InChI=1S/C31H32Cl2N2O6S/c1-6-35(42(39,40)22-12-14-27-24(16-22)19(2)28(41-27)30(37)38)26-13-11-21(32)15-20(26)17-34(18-31(3,4)5)29(36)23-9-7-8-10-25(23)33/h7-16H,6,17-18H2,1-5H3,(H,37,38). The molecular weight excluding hydrogens is 599 g/mol. The number of furan rings is 1. The number of halogens is 2. The van der Waals surface area contributed by atoms with E-state index in [1.54, 1.807) is 61.2 Å². The van der Waals surface area contributed by atoms with Gasteiger partial charge in [0.25, 0.3) is 15.9 Å². The molecule has 42 heavy (non-hydrogen) atoms. The third-order valence-electron chi connectivity index (χ3n) is 6.71. The van der Waals surface area contributed by atoms with Crippen LogP contribution in [0.2, 0.25) is 10.0 Å². The van der Waals surface area contributed by atoms with Crippen LogP contribution in [-0.2, 0) is 16.6 Å². The number of amides is 1. The maximum Gasteiger partial charge on any atom is 0.372 e. The maximum atomic E-state index is 14.1. The Morgan fingerprint density at radius 3 is 2.31 bits per heavy atom. The van der Waals surface area contributed by atoms with Crippen molar-refractivity contribution in [3.05, 3.63) is 93.2 Å². The number of carboxylic acid groups (broad SMARTS) is 1. The van der Waals surface area contributed by atoms with Crippen LogP contribution in [0.25, 0.3) is 11.0 Å². The van der Waals surface area contributed by atoms with Crippen molar-refractivity contribution in [2.75, 3.05) is 17.4 Å². The molecule has 3 aromatic carbocycles. The van der Waals surface area contributed by atoms with E-state index in [9.17, 15) is 23.1 Å². The molecule has 11 heteroatoms. The summed E-state index contributed by atoms with van der Waals surface area (Å²) < 4.78 is 34.8. The summed E-state index contributed by atoms with van der Waals surface area (Å²) in [7, 11) is -4.13. The molecule has 0 aliphatic carbocycles. The van der Waals surface area contributed by atoms with Crippen molar-refractivity contribution in [3.8, 4) is 0 Å². The normalized spacial score (nSPS) is 12.0. The largest absolute Gasteiger partial charge is 0.475 e. The molecule has 0 fully saturated rings. The molecule has 0 aliphatic rings. The number of carbonyl (C=O) groups excluding carboxylic acids is 1. The Morgan fingerprint density at radius 1 is 1.00 bits per heavy atom. The molecule has 1 amide bonds. The van der Waals surface area contributed by atoms with E-state index in [1.165, 1.54) is 22.5 Å². The average Bonchev–Trinajstić information content (AvgIpc) is 3.25. The number of aryl methyl sites for hydroxylation is 1. The summed E-state index contributed by atoms with van der Waals surface area (Å²) >= 11 is 12.8. The smallest absolute Gasteiger partial charge is 0.372 e. The van der Waals surface area contributed by atoms with Crippen molar-refractivity contribution >= 4 is 61.8 Å². The Balaban J connectivity index is 1.79. The number of carboxylic acids is 1. The van der Waals surface area contributed by atoms with E-state index < -0.39 is 16.0 Å². The first-order valence-electron chi connectivity index (χ1n) is 13.3. The van der Waals surface area contributed by atoms with Gasteiger partial charge in [-0.3, -0.25) is 9.10 Å². The van der Waals surface area contributed by atoms with E-state index in [1.807, 2.05) is 20.8 Å². The second kappa shape index (κ2) is 12.0. The highest BCUT2D eigenvalue weighted by atomic mass is 35.5. The predicted molar refractivity (Wildman–Crippen MR) is 165 cm³/mol. The highest BCUT2D eigenvalue weighted by Gasteiger charge is 2.30. The van der Waals surface area contributed by atoms with Gasteiger partial charge < -0.3 is 14.4 Å². The van der Waals surface area contributed by atoms with Crippen molar-refractivity contribution < 1.29 is 27.5 Å². The lowest BCUT2D eigenvalue weighted by Crippen LogP contribution is -2.38. The minimum absolute atomic E-state index is 0.0303. The van der Waals surface area contributed by atoms with Crippen LogP contribution < -0.4 is 4.31 Å². The highest BCUT2D eigenvalue weighted by Crippen LogP contribution is 2.34. The van der Waals surface area contributed by atoms with Crippen molar-refractivity contribution in [2.24, 2.45) is 5.41 Å². The summed E-state index contributed by atoms with van der Waals surface area (Å²) in [6.45, 7) is 9.82. The monoisotopic (exact) mass is 630 g/mol. The van der Waals surface area contributed by atoms with Crippen LogP contribution >= 0.6 is 23.2 Å². The van der Waals surface area contributed by atoms with Crippen molar-refractivity contribution in [1.29, 1.82) is 0 Å². The zero-order chi connectivity index (χ0) is 31.0. The van der Waals surface area contributed by atoms with Gasteiger partial charge in [-0.2, -0.15) is 0 Å². The van der Waals surface area contributed by atoms with Gasteiger partial charge in [-0.15, -0.1) is 0 Å². The van der Waals surface area contributed by atoms with Crippen molar-refractivity contribution in [2.45, 2.75) is 46.1 Å². The van der Waals surface area contributed by atoms with Crippen LogP contribution in [-0.4, -0.2) is 43.4 Å². The molecule has 0 atom stereocenters. The third-order valence-corrected chi connectivity index (χ3v) is 9.15. The van der Waals surface area contributed by atoms with Crippen LogP contribution in [0.5, 0.6) is 0 Å². The lowest BCUT2D eigenvalue weighted by molar-refractivity contribution is 0.0661.